The maximum Gasteiger partial charge on any atom is 0.245 e. The Morgan fingerprint density at radius 1 is 1.21 bits per heavy atom. The van der Waals surface area contributed by atoms with E-state index in [1.165, 1.54) is 0 Å². The first kappa shape index (κ1) is 11.9. The molecule has 19 heavy (non-hydrogen) atoms. The third-order valence-electron chi connectivity index (χ3n) is 2.55. The number of hydrogen-bond acceptors (Lipinski definition) is 6. The molecule has 0 amide bonds. The summed E-state index contributed by atoms with van der Waals surface area (Å²) in [5.41, 5.74) is 0.784. The topological polar surface area (TPSA) is 76.7 Å². The van der Waals surface area contributed by atoms with Crippen molar-refractivity contribution in [2.24, 2.45) is 0 Å². The van der Waals surface area contributed by atoms with Gasteiger partial charge in [-0.05, 0) is 30.7 Å². The summed E-state index contributed by atoms with van der Waals surface area (Å²) < 4.78 is 5.03. The maximum atomic E-state index is 5.90. The monoisotopic (exact) mass is 275 g/mol. The molecule has 1 aromatic carbocycles. The molecule has 0 bridgehead atoms. The van der Waals surface area contributed by atoms with Gasteiger partial charge in [-0.25, -0.2) is 9.97 Å². The lowest BCUT2D eigenvalue weighted by molar-refractivity contribution is 0.379. The van der Waals surface area contributed by atoms with Crippen LogP contribution < -0.4 is 5.32 Å². The van der Waals surface area contributed by atoms with E-state index >= 15 is 0 Å². The molecule has 3 aromatic rings. The lowest BCUT2D eigenvalue weighted by atomic mass is 10.2. The fourth-order valence-electron chi connectivity index (χ4n) is 1.75. The van der Waals surface area contributed by atoms with Crippen molar-refractivity contribution in [3.05, 3.63) is 41.3 Å². The lowest BCUT2D eigenvalue weighted by Gasteiger charge is -2.06. The normalized spacial score (nSPS) is 10.8. The van der Waals surface area contributed by atoms with Crippen LogP contribution >= 0.6 is 11.6 Å². The molecule has 1 N–H and O–H groups in total. The number of rotatable bonds is 3. The molecule has 6 nitrogen and oxygen atoms in total. The second-order valence-electron chi connectivity index (χ2n) is 3.95. The Morgan fingerprint density at radius 3 is 2.84 bits per heavy atom. The number of aryl methyl sites for hydroxylation is 1. The zero-order valence-electron chi connectivity index (χ0n) is 10.1. The van der Waals surface area contributed by atoms with Gasteiger partial charge in [0.25, 0.3) is 0 Å². The third-order valence-corrected chi connectivity index (χ3v) is 2.72. The van der Waals surface area contributed by atoms with Crippen molar-refractivity contribution < 1.29 is 4.52 Å². The zero-order chi connectivity index (χ0) is 13.2. The fraction of sp³-hybridized carbons (Fsp3) is 0.167. The standard InChI is InChI=1S/C12H10ClN5O/c1-7-15-10(19-18-7)6-14-11-8-4-2-3-5-9(8)16-12(13)17-11/h2-5H,6H2,1H3,(H,14,16,17). The first-order valence-corrected chi connectivity index (χ1v) is 6.05. The summed E-state index contributed by atoms with van der Waals surface area (Å²) in [6, 6.07) is 7.62. The Hall–Kier alpha value is -2.21. The van der Waals surface area contributed by atoms with E-state index in [4.69, 9.17) is 16.1 Å². The Kier molecular flexibility index (Phi) is 3.00. The molecule has 0 radical (unpaired) electrons. The van der Waals surface area contributed by atoms with E-state index in [1.807, 2.05) is 24.3 Å². The van der Waals surface area contributed by atoms with Gasteiger partial charge in [-0.3, -0.25) is 0 Å². The highest BCUT2D eigenvalue weighted by atomic mass is 35.5. The van der Waals surface area contributed by atoms with Crippen LogP contribution in [-0.2, 0) is 6.54 Å². The highest BCUT2D eigenvalue weighted by Gasteiger charge is 2.08. The van der Waals surface area contributed by atoms with E-state index in [0.29, 0.717) is 24.1 Å². The third kappa shape index (κ3) is 2.48. The molecule has 0 aliphatic heterocycles. The molecule has 2 heterocycles. The summed E-state index contributed by atoms with van der Waals surface area (Å²) in [7, 11) is 0. The molecule has 0 aliphatic rings. The van der Waals surface area contributed by atoms with E-state index in [1.54, 1.807) is 6.92 Å². The van der Waals surface area contributed by atoms with Crippen molar-refractivity contribution >= 4 is 28.3 Å². The predicted octanol–water partition coefficient (Wildman–Crippen LogP) is 2.59. The molecular weight excluding hydrogens is 266 g/mol. The molecule has 0 unspecified atom stereocenters. The number of fused-ring (bicyclic) bond motifs is 1. The number of hydrogen-bond donors (Lipinski definition) is 1. The summed E-state index contributed by atoms with van der Waals surface area (Å²) in [5, 5.41) is 7.94. The van der Waals surface area contributed by atoms with E-state index in [9.17, 15) is 0 Å². The highest BCUT2D eigenvalue weighted by molar-refractivity contribution is 6.28. The van der Waals surface area contributed by atoms with Crippen molar-refractivity contribution in [2.45, 2.75) is 13.5 Å². The minimum Gasteiger partial charge on any atom is -0.360 e. The number of anilines is 1. The zero-order valence-corrected chi connectivity index (χ0v) is 10.8. The maximum absolute atomic E-state index is 5.90. The van der Waals surface area contributed by atoms with E-state index < -0.39 is 0 Å². The smallest absolute Gasteiger partial charge is 0.245 e. The highest BCUT2D eigenvalue weighted by Crippen LogP contribution is 2.22. The Balaban J connectivity index is 1.91. The van der Waals surface area contributed by atoms with Crippen molar-refractivity contribution in [1.82, 2.24) is 20.1 Å². The predicted molar refractivity (Wildman–Crippen MR) is 70.9 cm³/mol. The van der Waals surface area contributed by atoms with Crippen LogP contribution in [-0.4, -0.2) is 20.1 Å². The average molecular weight is 276 g/mol. The second kappa shape index (κ2) is 4.81. The molecule has 0 saturated heterocycles. The van der Waals surface area contributed by atoms with Gasteiger partial charge < -0.3 is 9.84 Å². The Labute approximate surface area is 113 Å². The summed E-state index contributed by atoms with van der Waals surface area (Å²) in [6.07, 6.45) is 0. The van der Waals surface area contributed by atoms with Gasteiger partial charge in [-0.15, -0.1) is 0 Å². The van der Waals surface area contributed by atoms with Gasteiger partial charge in [0.15, 0.2) is 5.82 Å². The number of para-hydroxylation sites is 1. The van der Waals surface area contributed by atoms with Crippen molar-refractivity contribution in [2.75, 3.05) is 5.32 Å². The van der Waals surface area contributed by atoms with Crippen molar-refractivity contribution in [1.29, 1.82) is 0 Å². The summed E-state index contributed by atoms with van der Waals surface area (Å²) in [4.78, 5) is 12.4. The molecule has 0 fully saturated rings. The number of benzene rings is 1. The van der Waals surface area contributed by atoms with Gasteiger partial charge in [-0.1, -0.05) is 17.3 Å². The minimum atomic E-state index is 0.197. The van der Waals surface area contributed by atoms with E-state index in [-0.39, 0.29) is 5.28 Å². The molecule has 0 spiro atoms. The largest absolute Gasteiger partial charge is 0.360 e. The Bertz CT molecular complexity index is 727. The van der Waals surface area contributed by atoms with Gasteiger partial charge in [0, 0.05) is 5.39 Å². The number of aromatic nitrogens is 4. The van der Waals surface area contributed by atoms with Crippen LogP contribution in [0.3, 0.4) is 0 Å². The van der Waals surface area contributed by atoms with Crippen molar-refractivity contribution in [3.63, 3.8) is 0 Å². The van der Waals surface area contributed by atoms with Crippen LogP contribution in [0, 0.1) is 6.92 Å². The van der Waals surface area contributed by atoms with Gasteiger partial charge in [0.1, 0.15) is 5.82 Å². The molecule has 96 valence electrons. The minimum absolute atomic E-state index is 0.197. The second-order valence-corrected chi connectivity index (χ2v) is 4.29. The fourth-order valence-corrected chi connectivity index (χ4v) is 1.93. The van der Waals surface area contributed by atoms with E-state index in [0.717, 1.165) is 10.9 Å². The first-order valence-electron chi connectivity index (χ1n) is 5.68. The molecular formula is C12H10ClN5O. The summed E-state index contributed by atoms with van der Waals surface area (Å²) in [5.74, 6) is 1.74. The van der Waals surface area contributed by atoms with Crippen LogP contribution in [0.25, 0.3) is 10.9 Å². The number of halogens is 1. The SMILES string of the molecule is Cc1noc(CNc2nc(Cl)nc3ccccc23)n1. The lowest BCUT2D eigenvalue weighted by Crippen LogP contribution is -2.03. The molecule has 0 saturated carbocycles. The number of nitrogens with zero attached hydrogens (tertiary/aromatic N) is 4. The number of nitrogens with one attached hydrogen (secondary N) is 1. The molecule has 2 aromatic heterocycles. The quantitative estimate of drug-likeness (QED) is 0.740. The summed E-state index contributed by atoms with van der Waals surface area (Å²) in [6.45, 7) is 2.15. The van der Waals surface area contributed by atoms with Crippen LogP contribution in [0.15, 0.2) is 28.8 Å². The van der Waals surface area contributed by atoms with Crippen LogP contribution in [0.1, 0.15) is 11.7 Å². The van der Waals surface area contributed by atoms with Crippen molar-refractivity contribution in [3.8, 4) is 0 Å². The van der Waals surface area contributed by atoms with Gasteiger partial charge >= 0.3 is 0 Å². The summed E-state index contributed by atoms with van der Waals surface area (Å²) >= 11 is 5.90. The molecule has 7 heteroatoms. The van der Waals surface area contributed by atoms with Crippen LogP contribution in [0.4, 0.5) is 5.82 Å². The Morgan fingerprint density at radius 2 is 2.05 bits per heavy atom. The van der Waals surface area contributed by atoms with Crippen LogP contribution in [0.5, 0.6) is 0 Å². The average Bonchev–Trinajstić information content (AvgIpc) is 2.81. The van der Waals surface area contributed by atoms with Gasteiger partial charge in [0.2, 0.25) is 11.2 Å². The molecule has 3 rings (SSSR count). The molecule has 0 atom stereocenters. The first-order chi connectivity index (χ1) is 9.22. The van der Waals surface area contributed by atoms with Gasteiger partial charge in [0.05, 0.1) is 12.1 Å². The van der Waals surface area contributed by atoms with Crippen LogP contribution in [0.2, 0.25) is 5.28 Å². The molecule has 0 aliphatic carbocycles. The van der Waals surface area contributed by atoms with E-state index in [2.05, 4.69) is 25.4 Å². The van der Waals surface area contributed by atoms with Gasteiger partial charge in [-0.2, -0.15) is 4.98 Å².